The lowest BCUT2D eigenvalue weighted by atomic mass is 10.2. The molecule has 0 spiro atoms. The molecule has 96 valence electrons. The van der Waals surface area contributed by atoms with Crippen LogP contribution in [-0.4, -0.2) is 28.4 Å². The molecule has 1 amide bonds. The number of pyridine rings is 1. The van der Waals surface area contributed by atoms with Gasteiger partial charge in [-0.3, -0.25) is 9.69 Å². The first kappa shape index (κ1) is 14.4. The minimum Gasteiger partial charge on any atom is -0.369 e. The van der Waals surface area contributed by atoms with Crippen LogP contribution in [0.2, 0.25) is 5.15 Å². The van der Waals surface area contributed by atoms with Crippen molar-refractivity contribution < 1.29 is 4.79 Å². The van der Waals surface area contributed by atoms with Crippen molar-refractivity contribution in [3.05, 3.63) is 28.5 Å². The Hall–Kier alpha value is -1.64. The smallest absolute Gasteiger partial charge is 0.231 e. The summed E-state index contributed by atoms with van der Waals surface area (Å²) in [6.45, 7) is 4.61. The Kier molecular flexibility index (Phi) is 5.08. The van der Waals surface area contributed by atoms with Gasteiger partial charge in [-0.25, -0.2) is 4.98 Å². The van der Waals surface area contributed by atoms with Crippen LogP contribution in [0.15, 0.2) is 12.3 Å². The second-order valence-electron chi connectivity index (χ2n) is 4.26. The summed E-state index contributed by atoms with van der Waals surface area (Å²) >= 11 is 5.76. The summed E-state index contributed by atoms with van der Waals surface area (Å²) in [6, 6.07) is 3.81. The molecular formula is C12H15ClN4O. The number of nitrogens with zero attached hydrogens (tertiary/aromatic N) is 3. The zero-order valence-corrected chi connectivity index (χ0v) is 11.1. The number of halogens is 1. The van der Waals surface area contributed by atoms with E-state index in [4.69, 9.17) is 22.6 Å². The summed E-state index contributed by atoms with van der Waals surface area (Å²) in [5, 5.41) is 9.06. The Morgan fingerprint density at radius 1 is 1.67 bits per heavy atom. The zero-order chi connectivity index (χ0) is 13.7. The molecule has 18 heavy (non-hydrogen) atoms. The molecule has 0 aliphatic heterocycles. The van der Waals surface area contributed by atoms with Gasteiger partial charge in [0.25, 0.3) is 0 Å². The Morgan fingerprint density at radius 3 is 2.83 bits per heavy atom. The first-order valence-electron chi connectivity index (χ1n) is 5.51. The van der Waals surface area contributed by atoms with Crippen LogP contribution in [0.25, 0.3) is 0 Å². The second kappa shape index (κ2) is 6.34. The molecule has 1 heterocycles. The van der Waals surface area contributed by atoms with Crippen molar-refractivity contribution >= 4 is 17.5 Å². The van der Waals surface area contributed by atoms with E-state index in [2.05, 4.69) is 4.98 Å². The summed E-state index contributed by atoms with van der Waals surface area (Å²) in [5.74, 6) is -0.383. The zero-order valence-electron chi connectivity index (χ0n) is 10.4. The van der Waals surface area contributed by atoms with Gasteiger partial charge in [-0.2, -0.15) is 5.26 Å². The first-order chi connectivity index (χ1) is 8.43. The second-order valence-corrected chi connectivity index (χ2v) is 4.62. The Labute approximate surface area is 111 Å². The molecule has 2 N–H and O–H groups in total. The predicted octanol–water partition coefficient (Wildman–Crippen LogP) is 1.30. The fourth-order valence-corrected chi connectivity index (χ4v) is 1.66. The number of carbonyl (C=O) groups is 1. The highest BCUT2D eigenvalue weighted by Gasteiger charge is 2.13. The third-order valence-corrected chi connectivity index (χ3v) is 2.79. The van der Waals surface area contributed by atoms with Crippen LogP contribution in [0.5, 0.6) is 0 Å². The number of hydrogen-bond acceptors (Lipinski definition) is 4. The first-order valence-corrected chi connectivity index (χ1v) is 5.88. The van der Waals surface area contributed by atoms with Gasteiger partial charge in [0.2, 0.25) is 5.91 Å². The number of primary amides is 1. The van der Waals surface area contributed by atoms with Gasteiger partial charge in [0.05, 0.1) is 12.1 Å². The lowest BCUT2D eigenvalue weighted by Gasteiger charge is -2.24. The van der Waals surface area contributed by atoms with Crippen LogP contribution in [0.1, 0.15) is 25.0 Å². The van der Waals surface area contributed by atoms with Gasteiger partial charge in [0.15, 0.2) is 0 Å². The van der Waals surface area contributed by atoms with Crippen molar-refractivity contribution in [2.75, 3.05) is 6.54 Å². The highest BCUT2D eigenvalue weighted by Crippen LogP contribution is 2.15. The summed E-state index contributed by atoms with van der Waals surface area (Å²) in [6.07, 6.45) is 1.60. The van der Waals surface area contributed by atoms with Crippen molar-refractivity contribution in [2.24, 2.45) is 5.73 Å². The molecule has 0 radical (unpaired) electrons. The van der Waals surface area contributed by atoms with Gasteiger partial charge >= 0.3 is 0 Å². The molecule has 0 aromatic carbocycles. The van der Waals surface area contributed by atoms with Crippen molar-refractivity contribution in [1.29, 1.82) is 5.26 Å². The average molecular weight is 267 g/mol. The SMILES string of the molecule is CC(C)N(CC(N)=O)Cc1cnc(Cl)c(C#N)c1. The summed E-state index contributed by atoms with van der Waals surface area (Å²) < 4.78 is 0. The van der Waals surface area contributed by atoms with Crippen LogP contribution >= 0.6 is 11.6 Å². The monoisotopic (exact) mass is 266 g/mol. The van der Waals surface area contributed by atoms with Crippen LogP contribution < -0.4 is 5.73 Å². The number of carbonyl (C=O) groups excluding carboxylic acids is 1. The van der Waals surface area contributed by atoms with Gasteiger partial charge in [0.1, 0.15) is 11.2 Å². The van der Waals surface area contributed by atoms with Gasteiger partial charge in [-0.1, -0.05) is 11.6 Å². The lowest BCUT2D eigenvalue weighted by Crippen LogP contribution is -2.38. The van der Waals surface area contributed by atoms with E-state index in [1.165, 1.54) is 0 Å². The Bertz CT molecular complexity index is 481. The van der Waals surface area contributed by atoms with E-state index in [1.54, 1.807) is 12.3 Å². The van der Waals surface area contributed by atoms with E-state index >= 15 is 0 Å². The Morgan fingerprint density at radius 2 is 2.33 bits per heavy atom. The van der Waals surface area contributed by atoms with Crippen LogP contribution in [-0.2, 0) is 11.3 Å². The number of aromatic nitrogens is 1. The highest BCUT2D eigenvalue weighted by atomic mass is 35.5. The molecule has 0 unspecified atom stereocenters. The van der Waals surface area contributed by atoms with Crippen molar-refractivity contribution in [2.45, 2.75) is 26.4 Å². The van der Waals surface area contributed by atoms with E-state index in [0.717, 1.165) is 5.56 Å². The van der Waals surface area contributed by atoms with Crippen molar-refractivity contribution in [3.8, 4) is 6.07 Å². The molecule has 1 aromatic rings. The maximum absolute atomic E-state index is 11.0. The normalized spacial score (nSPS) is 10.7. The third-order valence-electron chi connectivity index (χ3n) is 2.49. The van der Waals surface area contributed by atoms with Crippen molar-refractivity contribution in [3.63, 3.8) is 0 Å². The number of amides is 1. The topological polar surface area (TPSA) is 83.0 Å². The standard InChI is InChI=1S/C12H15ClN4O/c1-8(2)17(7-11(15)18)6-9-3-10(4-14)12(13)16-5-9/h3,5,8H,6-7H2,1-2H3,(H2,15,18). The highest BCUT2D eigenvalue weighted by molar-refractivity contribution is 6.30. The fraction of sp³-hybridized carbons (Fsp3) is 0.417. The van der Waals surface area contributed by atoms with Crippen LogP contribution in [0, 0.1) is 11.3 Å². The number of nitriles is 1. The lowest BCUT2D eigenvalue weighted by molar-refractivity contribution is -0.119. The molecule has 0 saturated carbocycles. The van der Waals surface area contributed by atoms with Crippen molar-refractivity contribution in [1.82, 2.24) is 9.88 Å². The fourth-order valence-electron chi connectivity index (χ4n) is 1.51. The van der Waals surface area contributed by atoms with E-state index < -0.39 is 0 Å². The predicted molar refractivity (Wildman–Crippen MR) is 68.7 cm³/mol. The average Bonchev–Trinajstić information content (AvgIpc) is 2.29. The molecule has 0 atom stereocenters. The Balaban J connectivity index is 2.87. The maximum Gasteiger partial charge on any atom is 0.231 e. The van der Waals surface area contributed by atoms with Crippen LogP contribution in [0.3, 0.4) is 0 Å². The molecular weight excluding hydrogens is 252 g/mol. The molecule has 0 bridgehead atoms. The summed E-state index contributed by atoms with van der Waals surface area (Å²) in [5.41, 5.74) is 6.35. The molecule has 6 heteroatoms. The molecule has 5 nitrogen and oxygen atoms in total. The summed E-state index contributed by atoms with van der Waals surface area (Å²) in [4.78, 5) is 16.8. The minimum atomic E-state index is -0.383. The quantitative estimate of drug-likeness (QED) is 0.815. The largest absolute Gasteiger partial charge is 0.369 e. The third kappa shape index (κ3) is 3.99. The van der Waals surface area contributed by atoms with Gasteiger partial charge in [-0.15, -0.1) is 0 Å². The minimum absolute atomic E-state index is 0.165. The summed E-state index contributed by atoms with van der Waals surface area (Å²) in [7, 11) is 0. The van der Waals surface area contributed by atoms with E-state index in [0.29, 0.717) is 12.1 Å². The van der Waals surface area contributed by atoms with Gasteiger partial charge in [0, 0.05) is 18.8 Å². The van der Waals surface area contributed by atoms with E-state index in [1.807, 2.05) is 24.8 Å². The molecule has 0 saturated heterocycles. The molecule has 1 aromatic heterocycles. The van der Waals surface area contributed by atoms with Gasteiger partial charge < -0.3 is 5.73 Å². The molecule has 1 rings (SSSR count). The molecule has 0 aliphatic rings. The van der Waals surface area contributed by atoms with E-state index in [-0.39, 0.29) is 23.6 Å². The number of rotatable bonds is 5. The number of nitrogens with two attached hydrogens (primary N) is 1. The van der Waals surface area contributed by atoms with Gasteiger partial charge in [-0.05, 0) is 25.5 Å². The molecule has 0 fully saturated rings. The maximum atomic E-state index is 11.0. The number of hydrogen-bond donors (Lipinski definition) is 1. The van der Waals surface area contributed by atoms with Crippen LogP contribution in [0.4, 0.5) is 0 Å². The van der Waals surface area contributed by atoms with E-state index in [9.17, 15) is 4.79 Å². The molecule has 0 aliphatic carbocycles.